The number of aliphatic imine (C=N–C) groups is 1. The van der Waals surface area contributed by atoms with Crippen LogP contribution in [-0.4, -0.2) is 25.5 Å². The third-order valence-corrected chi connectivity index (χ3v) is 4.74. The maximum atomic E-state index is 13.9. The minimum atomic E-state index is -1.07. The van der Waals surface area contributed by atoms with Gasteiger partial charge in [-0.3, -0.25) is 4.99 Å². The number of dihydropyridines is 1. The second-order valence-corrected chi connectivity index (χ2v) is 6.78. The molecule has 1 spiro atoms. The van der Waals surface area contributed by atoms with Gasteiger partial charge in [0, 0.05) is 22.9 Å². The number of rotatable bonds is 0. The molecule has 3 N–H and O–H groups in total. The van der Waals surface area contributed by atoms with E-state index < -0.39 is 17.6 Å². The van der Waals surface area contributed by atoms with Crippen LogP contribution in [0.15, 0.2) is 44.2 Å². The first-order valence-electron chi connectivity index (χ1n) is 6.96. The van der Waals surface area contributed by atoms with Crippen molar-refractivity contribution in [1.29, 1.82) is 0 Å². The van der Waals surface area contributed by atoms with Gasteiger partial charge in [-0.05, 0) is 28.1 Å². The fourth-order valence-electron chi connectivity index (χ4n) is 2.92. The molecule has 0 radical (unpaired) electrons. The molecule has 3 aliphatic heterocycles. The number of hydrogen-bond donors (Lipinski definition) is 2. The van der Waals surface area contributed by atoms with Crippen molar-refractivity contribution >= 4 is 33.7 Å². The minimum absolute atomic E-state index is 0.304. The van der Waals surface area contributed by atoms with E-state index in [9.17, 15) is 4.39 Å². The summed E-state index contributed by atoms with van der Waals surface area (Å²) in [5.74, 6) is 0.387. The minimum Gasteiger partial charge on any atom is -0.440 e. The van der Waals surface area contributed by atoms with Crippen molar-refractivity contribution in [1.82, 2.24) is 5.32 Å². The topological polar surface area (TPSA) is 68.9 Å². The van der Waals surface area contributed by atoms with Crippen molar-refractivity contribution in [2.24, 2.45) is 10.7 Å². The molecule has 0 amide bonds. The number of halogens is 3. The molecule has 0 aliphatic carbocycles. The molecule has 4 rings (SSSR count). The zero-order valence-corrected chi connectivity index (χ0v) is 14.1. The molecule has 1 aromatic carbocycles. The fourth-order valence-corrected chi connectivity index (χ4v) is 3.44. The van der Waals surface area contributed by atoms with Crippen LogP contribution in [0.1, 0.15) is 5.56 Å². The Kier molecular flexibility index (Phi) is 3.49. The van der Waals surface area contributed by atoms with Gasteiger partial charge in [-0.1, -0.05) is 11.6 Å². The summed E-state index contributed by atoms with van der Waals surface area (Å²) in [5, 5.41) is 3.68. The molecular formula is C15H12BrClFN3O2. The van der Waals surface area contributed by atoms with Crippen LogP contribution in [0.5, 0.6) is 5.75 Å². The summed E-state index contributed by atoms with van der Waals surface area (Å²) in [6, 6.07) is 2.93. The predicted octanol–water partition coefficient (Wildman–Crippen LogP) is 2.50. The third kappa shape index (κ3) is 2.30. The van der Waals surface area contributed by atoms with Crippen molar-refractivity contribution in [3.63, 3.8) is 0 Å². The van der Waals surface area contributed by atoms with Crippen molar-refractivity contribution < 1.29 is 13.9 Å². The Bertz CT molecular complexity index is 795. The smallest absolute Gasteiger partial charge is 0.200 e. The molecule has 120 valence electrons. The van der Waals surface area contributed by atoms with Gasteiger partial charge in [0.2, 0.25) is 5.88 Å². The first kappa shape index (κ1) is 15.1. The fraction of sp³-hybridized carbons (Fsp3) is 0.267. The Balaban J connectivity index is 1.99. The standard InChI is InChI=1S/C15H12BrClFN3O2/c16-10-2-8-12(3-11(10)18)22-14-9(1-7(17)4-21-14)15(8)6-20-5-13(19)23-15/h1-3,6,13,21H,4-5,19H2. The monoisotopic (exact) mass is 399 g/mol. The van der Waals surface area contributed by atoms with E-state index >= 15 is 0 Å². The van der Waals surface area contributed by atoms with Gasteiger partial charge >= 0.3 is 0 Å². The average Bonchev–Trinajstić information content (AvgIpc) is 2.51. The molecule has 5 nitrogen and oxygen atoms in total. The lowest BCUT2D eigenvalue weighted by atomic mass is 9.83. The number of ether oxygens (including phenoxy) is 2. The molecule has 0 saturated carbocycles. The van der Waals surface area contributed by atoms with Gasteiger partial charge in [0.1, 0.15) is 17.8 Å². The van der Waals surface area contributed by atoms with Crippen LogP contribution in [0.2, 0.25) is 0 Å². The highest BCUT2D eigenvalue weighted by Crippen LogP contribution is 2.47. The molecule has 23 heavy (non-hydrogen) atoms. The van der Waals surface area contributed by atoms with E-state index in [1.807, 2.05) is 0 Å². The molecule has 3 aliphatic rings. The summed E-state index contributed by atoms with van der Waals surface area (Å²) in [7, 11) is 0. The van der Waals surface area contributed by atoms with E-state index in [4.69, 9.17) is 26.8 Å². The number of nitrogens with two attached hydrogens (primary N) is 1. The first-order valence-corrected chi connectivity index (χ1v) is 8.13. The van der Waals surface area contributed by atoms with Crippen LogP contribution in [0.25, 0.3) is 0 Å². The van der Waals surface area contributed by atoms with Crippen LogP contribution in [0.3, 0.4) is 0 Å². The van der Waals surface area contributed by atoms with Crippen LogP contribution in [0.4, 0.5) is 4.39 Å². The van der Waals surface area contributed by atoms with Gasteiger partial charge in [-0.15, -0.1) is 0 Å². The Labute approximate surface area is 145 Å². The second kappa shape index (κ2) is 5.31. The molecular weight excluding hydrogens is 389 g/mol. The Morgan fingerprint density at radius 2 is 2.30 bits per heavy atom. The molecule has 8 heteroatoms. The van der Waals surface area contributed by atoms with Gasteiger partial charge in [0.05, 0.1) is 23.1 Å². The quantitative estimate of drug-likeness (QED) is 0.702. The molecule has 2 atom stereocenters. The largest absolute Gasteiger partial charge is 0.440 e. The van der Waals surface area contributed by atoms with E-state index in [0.717, 1.165) is 0 Å². The number of benzene rings is 1. The Morgan fingerprint density at radius 3 is 3.09 bits per heavy atom. The summed E-state index contributed by atoms with van der Waals surface area (Å²) in [4.78, 5) is 4.33. The maximum Gasteiger partial charge on any atom is 0.200 e. The van der Waals surface area contributed by atoms with E-state index in [-0.39, 0.29) is 0 Å². The number of nitrogens with zero attached hydrogens (tertiary/aromatic N) is 1. The first-order chi connectivity index (χ1) is 11.0. The highest BCUT2D eigenvalue weighted by atomic mass is 79.9. The number of fused-ring (bicyclic) bond motifs is 3. The summed E-state index contributed by atoms with van der Waals surface area (Å²) >= 11 is 9.37. The summed E-state index contributed by atoms with van der Waals surface area (Å²) in [5.41, 5.74) is 6.18. The van der Waals surface area contributed by atoms with Gasteiger partial charge in [0.25, 0.3) is 0 Å². The Hall–Kier alpha value is -1.41. The second-order valence-electron chi connectivity index (χ2n) is 5.44. The highest BCUT2D eigenvalue weighted by Gasteiger charge is 2.47. The van der Waals surface area contributed by atoms with Crippen molar-refractivity contribution in [3.8, 4) is 5.75 Å². The van der Waals surface area contributed by atoms with Gasteiger partial charge in [-0.25, -0.2) is 4.39 Å². The van der Waals surface area contributed by atoms with Crippen LogP contribution >= 0.6 is 27.5 Å². The van der Waals surface area contributed by atoms with E-state index in [1.165, 1.54) is 6.07 Å². The summed E-state index contributed by atoms with van der Waals surface area (Å²) < 4.78 is 26.1. The van der Waals surface area contributed by atoms with E-state index in [1.54, 1.807) is 18.4 Å². The summed E-state index contributed by atoms with van der Waals surface area (Å²) in [6.07, 6.45) is 2.86. The van der Waals surface area contributed by atoms with E-state index in [0.29, 0.717) is 45.4 Å². The van der Waals surface area contributed by atoms with Gasteiger partial charge < -0.3 is 20.5 Å². The Morgan fingerprint density at radius 1 is 1.48 bits per heavy atom. The molecule has 0 fully saturated rings. The van der Waals surface area contributed by atoms with Crippen molar-refractivity contribution in [2.45, 2.75) is 11.8 Å². The lowest BCUT2D eigenvalue weighted by molar-refractivity contribution is -0.0341. The molecule has 0 aromatic heterocycles. The zero-order valence-electron chi connectivity index (χ0n) is 11.8. The van der Waals surface area contributed by atoms with Crippen LogP contribution < -0.4 is 15.8 Å². The van der Waals surface area contributed by atoms with Gasteiger partial charge in [-0.2, -0.15) is 0 Å². The predicted molar refractivity (Wildman–Crippen MR) is 87.8 cm³/mol. The number of hydrogen-bond acceptors (Lipinski definition) is 5. The molecule has 3 heterocycles. The summed E-state index contributed by atoms with van der Waals surface area (Å²) in [6.45, 7) is 0.780. The van der Waals surface area contributed by atoms with Crippen molar-refractivity contribution in [2.75, 3.05) is 13.1 Å². The lowest BCUT2D eigenvalue weighted by Crippen LogP contribution is -2.49. The van der Waals surface area contributed by atoms with Crippen LogP contribution in [0, 0.1) is 5.82 Å². The molecule has 2 unspecified atom stereocenters. The number of nitrogens with one attached hydrogen (secondary N) is 1. The molecule has 0 bridgehead atoms. The zero-order chi connectivity index (χ0) is 16.2. The third-order valence-electron chi connectivity index (χ3n) is 3.89. The van der Waals surface area contributed by atoms with Crippen LogP contribution in [-0.2, 0) is 10.3 Å². The van der Waals surface area contributed by atoms with Gasteiger partial charge in [0.15, 0.2) is 5.60 Å². The molecule has 1 aromatic rings. The molecule has 0 saturated heterocycles. The lowest BCUT2D eigenvalue weighted by Gasteiger charge is -2.42. The normalized spacial score (nSPS) is 28.7. The SMILES string of the molecule is NC1CN=CC2(O1)C1=C(NCC(Cl)=C1)Oc1cc(F)c(Br)cc12. The van der Waals surface area contributed by atoms with Crippen molar-refractivity contribution in [3.05, 3.63) is 50.6 Å². The average molecular weight is 401 g/mol. The van der Waals surface area contributed by atoms with E-state index in [2.05, 4.69) is 26.2 Å². The highest BCUT2D eigenvalue weighted by molar-refractivity contribution is 9.10. The maximum absolute atomic E-state index is 13.9.